The molecule has 1 atom stereocenters. The number of hydrogen-bond donors (Lipinski definition) is 3. The number of benzene rings is 2. The van der Waals surface area contributed by atoms with Crippen molar-refractivity contribution in [1.82, 2.24) is 9.97 Å². The average molecular weight is 530 g/mol. The van der Waals surface area contributed by atoms with E-state index in [0.717, 1.165) is 46.7 Å². The lowest BCUT2D eigenvalue weighted by molar-refractivity contribution is -0.142. The van der Waals surface area contributed by atoms with Gasteiger partial charge in [-0.05, 0) is 63.1 Å². The number of aromatic nitrogens is 2. The van der Waals surface area contributed by atoms with Crippen molar-refractivity contribution < 1.29 is 32.9 Å². The summed E-state index contributed by atoms with van der Waals surface area (Å²) in [6.45, 7) is 2.44. The Morgan fingerprint density at radius 1 is 1.24 bits per heavy atom. The Labute approximate surface area is 218 Å². The van der Waals surface area contributed by atoms with Crippen molar-refractivity contribution in [3.63, 3.8) is 0 Å². The van der Waals surface area contributed by atoms with Crippen molar-refractivity contribution in [2.24, 2.45) is 5.92 Å². The quantitative estimate of drug-likeness (QED) is 0.365. The molecule has 3 aromatic rings. The van der Waals surface area contributed by atoms with Gasteiger partial charge >= 0.3 is 5.97 Å². The Kier molecular flexibility index (Phi) is 6.94. The fourth-order valence-electron chi connectivity index (χ4n) is 5.71. The van der Waals surface area contributed by atoms with Crippen LogP contribution in [0.4, 0.5) is 19.0 Å². The number of fused-ring (bicyclic) bond motifs is 3. The number of nitrogens with one attached hydrogen (secondary N) is 1. The van der Waals surface area contributed by atoms with E-state index in [9.17, 15) is 18.7 Å². The summed E-state index contributed by atoms with van der Waals surface area (Å²) in [7, 11) is 0. The number of hydrogen-bond acceptors (Lipinski definition) is 6. The molecule has 38 heavy (non-hydrogen) atoms. The van der Waals surface area contributed by atoms with Gasteiger partial charge in [0.25, 0.3) is 5.92 Å². The number of aryl methyl sites for hydroxylation is 1. The highest BCUT2D eigenvalue weighted by Crippen LogP contribution is 2.46. The van der Waals surface area contributed by atoms with E-state index in [1.165, 1.54) is 12.1 Å². The number of halogens is 3. The van der Waals surface area contributed by atoms with Gasteiger partial charge in [0, 0.05) is 22.9 Å². The number of alkyl halides is 2. The topological polar surface area (TPSA) is 105 Å². The number of nitrogens with zero attached hydrogens (tertiary/aromatic N) is 2. The summed E-state index contributed by atoms with van der Waals surface area (Å²) in [5, 5.41) is 22.4. The zero-order valence-electron chi connectivity index (χ0n) is 21.2. The van der Waals surface area contributed by atoms with Crippen LogP contribution in [0.25, 0.3) is 10.9 Å². The fraction of sp³-hybridized carbons (Fsp3) is 0.464. The molecule has 1 aromatic heterocycles. The molecule has 2 aliphatic rings. The number of carboxylic acids is 1. The van der Waals surface area contributed by atoms with Crippen molar-refractivity contribution in [3.05, 3.63) is 58.2 Å². The Morgan fingerprint density at radius 3 is 2.66 bits per heavy atom. The second-order valence-corrected chi connectivity index (χ2v) is 10.2. The molecule has 0 unspecified atom stereocenters. The molecule has 0 saturated heterocycles. The second kappa shape index (κ2) is 10.1. The Balaban J connectivity index is 1.54. The fourth-order valence-corrected chi connectivity index (χ4v) is 5.71. The SMILES string of the molecule is Cc1nc(N[C@@H](C)c2cccc(C(F)(F)CO)c2F)c2cc(C3CCC(C(=O)O)CC3)c3c(c2n1)CCO3. The van der Waals surface area contributed by atoms with E-state index in [1.54, 1.807) is 13.8 Å². The third-order valence-electron chi connectivity index (χ3n) is 7.74. The molecule has 0 spiro atoms. The molecule has 3 N–H and O–H groups in total. The van der Waals surface area contributed by atoms with Crippen LogP contribution in [0.1, 0.15) is 72.6 Å². The normalized spacial score (nSPS) is 20.2. The first kappa shape index (κ1) is 26.2. The van der Waals surface area contributed by atoms with Crippen LogP contribution in [0.15, 0.2) is 24.3 Å². The molecule has 0 bridgehead atoms. The molecule has 7 nitrogen and oxygen atoms in total. The number of ether oxygens (including phenoxy) is 1. The number of anilines is 1. The number of carbonyl (C=O) groups is 1. The molecule has 2 heterocycles. The van der Waals surface area contributed by atoms with Crippen molar-refractivity contribution in [2.75, 3.05) is 18.5 Å². The third kappa shape index (κ3) is 4.66. The molecule has 1 fully saturated rings. The number of aliphatic hydroxyl groups excluding tert-OH is 1. The highest BCUT2D eigenvalue weighted by molar-refractivity contribution is 5.94. The average Bonchev–Trinajstić information content (AvgIpc) is 3.39. The van der Waals surface area contributed by atoms with Gasteiger partial charge in [-0.1, -0.05) is 12.1 Å². The maximum atomic E-state index is 15.2. The first-order valence-corrected chi connectivity index (χ1v) is 12.8. The van der Waals surface area contributed by atoms with Crippen molar-refractivity contribution >= 4 is 22.7 Å². The minimum Gasteiger partial charge on any atom is -0.493 e. The van der Waals surface area contributed by atoms with Gasteiger partial charge in [0.05, 0.1) is 29.6 Å². The summed E-state index contributed by atoms with van der Waals surface area (Å²) < 4.78 is 49.4. The van der Waals surface area contributed by atoms with Crippen molar-refractivity contribution in [3.8, 4) is 5.75 Å². The van der Waals surface area contributed by atoms with Crippen LogP contribution < -0.4 is 10.1 Å². The summed E-state index contributed by atoms with van der Waals surface area (Å²) in [5.74, 6) is -4.00. The molecular formula is C28H30F3N3O4. The first-order valence-electron chi connectivity index (χ1n) is 12.8. The molecule has 2 aromatic carbocycles. The summed E-state index contributed by atoms with van der Waals surface area (Å²) >= 11 is 0. The minimum absolute atomic E-state index is 0.0248. The summed E-state index contributed by atoms with van der Waals surface area (Å²) in [4.78, 5) is 20.7. The largest absolute Gasteiger partial charge is 0.493 e. The predicted molar refractivity (Wildman–Crippen MR) is 135 cm³/mol. The lowest BCUT2D eigenvalue weighted by Crippen LogP contribution is -2.22. The maximum absolute atomic E-state index is 15.2. The van der Waals surface area contributed by atoms with Crippen LogP contribution in [-0.4, -0.2) is 39.4 Å². The number of aliphatic carboxylic acids is 1. The molecule has 10 heteroatoms. The molecule has 5 rings (SSSR count). The van der Waals surface area contributed by atoms with Crippen LogP contribution in [0, 0.1) is 18.7 Å². The highest BCUT2D eigenvalue weighted by Gasteiger charge is 2.35. The molecular weight excluding hydrogens is 499 g/mol. The molecule has 0 amide bonds. The van der Waals surface area contributed by atoms with E-state index < -0.39 is 35.9 Å². The van der Waals surface area contributed by atoms with E-state index >= 15 is 4.39 Å². The Hall–Kier alpha value is -3.40. The summed E-state index contributed by atoms with van der Waals surface area (Å²) in [5.41, 5.74) is 1.85. The van der Waals surface area contributed by atoms with E-state index in [2.05, 4.69) is 15.3 Å². The standard InChI is InChI=1S/C28H30F3N3O4/c1-14(18-4-3-5-22(23(18)29)28(30,31)13-35)32-26-21-12-20(16-6-8-17(9-7-16)27(36)37)25-19(10-11-38-25)24(21)33-15(2)34-26/h3-5,12,14,16-17,35H,6-11,13H2,1-2H3,(H,36,37)(H,32,33,34)/t14-,16?,17?/m0/s1. The van der Waals surface area contributed by atoms with Gasteiger partial charge < -0.3 is 20.3 Å². The molecule has 202 valence electrons. The maximum Gasteiger partial charge on any atom is 0.306 e. The van der Waals surface area contributed by atoms with Gasteiger partial charge in [0.2, 0.25) is 0 Å². The van der Waals surface area contributed by atoms with Crippen LogP contribution >= 0.6 is 0 Å². The van der Waals surface area contributed by atoms with Gasteiger partial charge in [0.1, 0.15) is 29.8 Å². The van der Waals surface area contributed by atoms with E-state index in [-0.39, 0.29) is 17.4 Å². The molecule has 0 radical (unpaired) electrons. The summed E-state index contributed by atoms with van der Waals surface area (Å²) in [6.07, 6.45) is 3.30. The van der Waals surface area contributed by atoms with Crippen LogP contribution in [-0.2, 0) is 17.1 Å². The third-order valence-corrected chi connectivity index (χ3v) is 7.74. The van der Waals surface area contributed by atoms with Crippen LogP contribution in [0.2, 0.25) is 0 Å². The molecule has 1 saturated carbocycles. The van der Waals surface area contributed by atoms with E-state index in [0.29, 0.717) is 37.5 Å². The van der Waals surface area contributed by atoms with Crippen LogP contribution in [0.5, 0.6) is 5.75 Å². The first-order chi connectivity index (χ1) is 18.1. The van der Waals surface area contributed by atoms with E-state index in [4.69, 9.17) is 9.84 Å². The lowest BCUT2D eigenvalue weighted by atomic mass is 9.77. The second-order valence-electron chi connectivity index (χ2n) is 10.2. The lowest BCUT2D eigenvalue weighted by Gasteiger charge is -2.28. The smallest absolute Gasteiger partial charge is 0.306 e. The van der Waals surface area contributed by atoms with Gasteiger partial charge in [0.15, 0.2) is 0 Å². The zero-order valence-corrected chi connectivity index (χ0v) is 21.2. The number of aliphatic hydroxyl groups is 1. The van der Waals surface area contributed by atoms with Gasteiger partial charge in [-0.3, -0.25) is 4.79 Å². The Morgan fingerprint density at radius 2 is 1.97 bits per heavy atom. The van der Waals surface area contributed by atoms with Crippen molar-refractivity contribution in [2.45, 2.75) is 63.8 Å². The number of carboxylic acid groups (broad SMARTS) is 1. The monoisotopic (exact) mass is 529 g/mol. The van der Waals surface area contributed by atoms with Gasteiger partial charge in [-0.15, -0.1) is 0 Å². The highest BCUT2D eigenvalue weighted by atomic mass is 19.3. The molecule has 1 aliphatic carbocycles. The molecule has 1 aliphatic heterocycles. The number of rotatable bonds is 7. The zero-order chi connectivity index (χ0) is 27.2. The van der Waals surface area contributed by atoms with Crippen molar-refractivity contribution in [1.29, 1.82) is 0 Å². The minimum atomic E-state index is -3.70. The Bertz CT molecular complexity index is 1390. The van der Waals surface area contributed by atoms with Crippen LogP contribution in [0.3, 0.4) is 0 Å². The van der Waals surface area contributed by atoms with E-state index in [1.807, 2.05) is 6.07 Å². The van der Waals surface area contributed by atoms with Gasteiger partial charge in [-0.2, -0.15) is 8.78 Å². The predicted octanol–water partition coefficient (Wildman–Crippen LogP) is 5.63. The van der Waals surface area contributed by atoms with Gasteiger partial charge in [-0.25, -0.2) is 14.4 Å². The summed E-state index contributed by atoms with van der Waals surface area (Å²) in [6, 6.07) is 5.00.